The molecule has 0 amide bonds. The van der Waals surface area contributed by atoms with Gasteiger partial charge in [0.2, 0.25) is 0 Å². The maximum atomic E-state index is 11.6. The van der Waals surface area contributed by atoms with Crippen molar-refractivity contribution in [2.75, 3.05) is 13.2 Å². The molecule has 0 aromatic heterocycles. The van der Waals surface area contributed by atoms with Gasteiger partial charge in [0, 0.05) is 0 Å². The Morgan fingerprint density at radius 2 is 1.46 bits per heavy atom. The Morgan fingerprint density at radius 3 is 1.86 bits per heavy atom. The fourth-order valence-corrected chi connectivity index (χ4v) is 4.74. The monoisotopic (exact) mass is 392 g/mol. The molecule has 0 aliphatic heterocycles. The van der Waals surface area contributed by atoms with Gasteiger partial charge in [-0.15, -0.1) is 0 Å². The Bertz CT molecular complexity index is 625. The van der Waals surface area contributed by atoms with Crippen LogP contribution in [0.5, 0.6) is 0 Å². The van der Waals surface area contributed by atoms with Crippen LogP contribution in [0.3, 0.4) is 0 Å². The second kappa shape index (κ2) is 9.23. The predicted octanol–water partition coefficient (Wildman–Crippen LogP) is 2.25. The van der Waals surface area contributed by atoms with E-state index in [9.17, 15) is 9.59 Å². The number of carbonyl (C=O) groups is 2. The number of aliphatic hydroxyl groups excluding tert-OH is 2. The van der Waals surface area contributed by atoms with E-state index in [1.54, 1.807) is 13.8 Å². The Hall–Kier alpha value is -1.66. The fraction of sp³-hybridized carbons (Fsp3) is 0.727. The summed E-state index contributed by atoms with van der Waals surface area (Å²) in [6, 6.07) is 0. The minimum Gasteiger partial charge on any atom is -0.463 e. The van der Waals surface area contributed by atoms with E-state index in [2.05, 4.69) is 24.3 Å². The van der Waals surface area contributed by atoms with Crippen LogP contribution in [0.4, 0.5) is 0 Å². The molecular formula is C22H32O6. The van der Waals surface area contributed by atoms with Gasteiger partial charge in [-0.2, -0.15) is 0 Å². The van der Waals surface area contributed by atoms with Crippen molar-refractivity contribution in [3.8, 4) is 0 Å². The molecule has 2 saturated carbocycles. The lowest BCUT2D eigenvalue weighted by molar-refractivity contribution is -0.156. The summed E-state index contributed by atoms with van der Waals surface area (Å²) in [5.41, 5.74) is 0. The molecule has 4 rings (SSSR count). The third-order valence-corrected chi connectivity index (χ3v) is 6.20. The minimum absolute atomic E-state index is 0.0407. The van der Waals surface area contributed by atoms with Gasteiger partial charge < -0.3 is 19.7 Å². The SMILES string of the molecule is CC(CO)OC(=O)C1CC2C=CC1C2.CC(O)COC(=O)C1CC2C=CC1C2. The van der Waals surface area contributed by atoms with Crippen molar-refractivity contribution < 1.29 is 29.3 Å². The van der Waals surface area contributed by atoms with E-state index in [0.29, 0.717) is 23.7 Å². The highest BCUT2D eigenvalue weighted by Gasteiger charge is 2.41. The Balaban J connectivity index is 0.000000161. The van der Waals surface area contributed by atoms with Crippen LogP contribution in [-0.2, 0) is 19.1 Å². The summed E-state index contributed by atoms with van der Waals surface area (Å²) < 4.78 is 10.1. The van der Waals surface area contributed by atoms with Gasteiger partial charge in [-0.05, 0) is 63.2 Å². The van der Waals surface area contributed by atoms with Gasteiger partial charge in [0.25, 0.3) is 0 Å². The van der Waals surface area contributed by atoms with Crippen molar-refractivity contribution in [3.05, 3.63) is 24.3 Å². The van der Waals surface area contributed by atoms with Crippen LogP contribution in [0.1, 0.15) is 39.5 Å². The Morgan fingerprint density at radius 1 is 0.929 bits per heavy atom. The number of allylic oxidation sites excluding steroid dienone is 4. The van der Waals surface area contributed by atoms with E-state index >= 15 is 0 Å². The molecule has 156 valence electrons. The van der Waals surface area contributed by atoms with Crippen molar-refractivity contribution in [1.82, 2.24) is 0 Å². The molecule has 8 unspecified atom stereocenters. The highest BCUT2D eigenvalue weighted by atomic mass is 16.6. The molecule has 8 atom stereocenters. The first-order chi connectivity index (χ1) is 13.4. The summed E-state index contributed by atoms with van der Waals surface area (Å²) in [7, 11) is 0. The van der Waals surface area contributed by atoms with Gasteiger partial charge in [0.15, 0.2) is 0 Å². The molecule has 4 aliphatic rings. The smallest absolute Gasteiger partial charge is 0.309 e. The molecule has 2 N–H and O–H groups in total. The summed E-state index contributed by atoms with van der Waals surface area (Å²) in [5.74, 6) is 1.76. The number of hydrogen-bond donors (Lipinski definition) is 2. The van der Waals surface area contributed by atoms with E-state index in [-0.39, 0.29) is 43.1 Å². The second-order valence-electron chi connectivity index (χ2n) is 8.68. The molecule has 0 heterocycles. The predicted molar refractivity (Wildman–Crippen MR) is 103 cm³/mol. The van der Waals surface area contributed by atoms with Crippen LogP contribution in [0.2, 0.25) is 0 Å². The molecule has 0 aromatic rings. The standard InChI is InChI=1S/2C11H16O3/c1-7(12)6-14-11(13)10-5-8-2-3-9(10)4-8;1-7(6-12)14-11(13)10-5-8-2-3-9(10)4-8/h2*2-3,7-10,12H,4-6H2,1H3. The maximum absolute atomic E-state index is 11.6. The molecule has 0 aromatic carbocycles. The van der Waals surface area contributed by atoms with Gasteiger partial charge >= 0.3 is 11.9 Å². The van der Waals surface area contributed by atoms with Crippen molar-refractivity contribution in [3.63, 3.8) is 0 Å². The molecule has 0 radical (unpaired) electrons. The van der Waals surface area contributed by atoms with Crippen LogP contribution in [-0.4, -0.2) is 47.6 Å². The van der Waals surface area contributed by atoms with Gasteiger partial charge in [-0.1, -0.05) is 24.3 Å². The van der Waals surface area contributed by atoms with Crippen molar-refractivity contribution in [1.29, 1.82) is 0 Å². The largest absolute Gasteiger partial charge is 0.463 e. The van der Waals surface area contributed by atoms with Crippen LogP contribution in [0.25, 0.3) is 0 Å². The van der Waals surface area contributed by atoms with Crippen LogP contribution < -0.4 is 0 Å². The number of rotatable bonds is 6. The summed E-state index contributed by atoms with van der Waals surface area (Å²) in [6.07, 6.45) is 11.8. The topological polar surface area (TPSA) is 93.1 Å². The minimum atomic E-state index is -0.562. The highest BCUT2D eigenvalue weighted by molar-refractivity contribution is 5.74. The first-order valence-corrected chi connectivity index (χ1v) is 10.4. The summed E-state index contributed by atoms with van der Waals surface area (Å²) in [5, 5.41) is 17.8. The average Bonchev–Trinajstić information content (AvgIpc) is 3.47. The molecule has 0 spiro atoms. The highest BCUT2D eigenvalue weighted by Crippen LogP contribution is 2.44. The zero-order valence-electron chi connectivity index (χ0n) is 16.7. The van der Waals surface area contributed by atoms with E-state index in [4.69, 9.17) is 19.7 Å². The van der Waals surface area contributed by atoms with E-state index < -0.39 is 6.10 Å². The Labute approximate surface area is 166 Å². The van der Waals surface area contributed by atoms with Crippen LogP contribution in [0, 0.1) is 35.5 Å². The lowest BCUT2D eigenvalue weighted by Gasteiger charge is -2.19. The molecule has 4 aliphatic carbocycles. The third kappa shape index (κ3) is 5.03. The first kappa shape index (κ1) is 21.1. The van der Waals surface area contributed by atoms with Gasteiger partial charge in [-0.25, -0.2) is 0 Å². The van der Waals surface area contributed by atoms with Gasteiger partial charge in [0.05, 0.1) is 24.5 Å². The number of ether oxygens (including phenoxy) is 2. The van der Waals surface area contributed by atoms with Crippen molar-refractivity contribution in [2.24, 2.45) is 35.5 Å². The normalized spacial score (nSPS) is 36.0. The van der Waals surface area contributed by atoms with Crippen LogP contribution in [0.15, 0.2) is 24.3 Å². The van der Waals surface area contributed by atoms with E-state index in [1.807, 2.05) is 0 Å². The van der Waals surface area contributed by atoms with Crippen molar-refractivity contribution in [2.45, 2.75) is 51.7 Å². The first-order valence-electron chi connectivity index (χ1n) is 10.4. The van der Waals surface area contributed by atoms with E-state index in [0.717, 1.165) is 25.7 Å². The zero-order chi connectivity index (χ0) is 20.3. The molecule has 2 fully saturated rings. The summed E-state index contributed by atoms with van der Waals surface area (Å²) >= 11 is 0. The lowest BCUT2D eigenvalue weighted by Crippen LogP contribution is -2.26. The molecule has 28 heavy (non-hydrogen) atoms. The number of carbonyl (C=O) groups excluding carboxylic acids is 2. The second-order valence-corrected chi connectivity index (χ2v) is 8.68. The molecule has 4 bridgehead atoms. The quantitative estimate of drug-likeness (QED) is 0.532. The van der Waals surface area contributed by atoms with Crippen molar-refractivity contribution >= 4 is 11.9 Å². The summed E-state index contributed by atoms with van der Waals surface area (Å²) in [4.78, 5) is 23.2. The number of esters is 2. The fourth-order valence-electron chi connectivity index (χ4n) is 4.74. The molecule has 6 nitrogen and oxygen atoms in total. The maximum Gasteiger partial charge on any atom is 0.309 e. The lowest BCUT2D eigenvalue weighted by atomic mass is 9.94. The molecule has 0 saturated heterocycles. The number of aliphatic hydroxyl groups is 2. The number of hydrogen-bond acceptors (Lipinski definition) is 6. The number of fused-ring (bicyclic) bond motifs is 4. The summed E-state index contributed by atoms with van der Waals surface area (Å²) in [6.45, 7) is 3.35. The van der Waals surface area contributed by atoms with Gasteiger partial charge in [-0.3, -0.25) is 9.59 Å². The molecular weight excluding hydrogens is 360 g/mol. The average molecular weight is 392 g/mol. The molecule has 6 heteroatoms. The van der Waals surface area contributed by atoms with Gasteiger partial charge in [0.1, 0.15) is 12.7 Å². The third-order valence-electron chi connectivity index (χ3n) is 6.20. The van der Waals surface area contributed by atoms with E-state index in [1.165, 1.54) is 0 Å². The van der Waals surface area contributed by atoms with Crippen LogP contribution >= 0.6 is 0 Å². The Kier molecular flexibility index (Phi) is 6.94. The zero-order valence-corrected chi connectivity index (χ0v) is 16.7.